The zero-order chi connectivity index (χ0) is 10.1. The maximum absolute atomic E-state index is 12.1. The summed E-state index contributed by atoms with van der Waals surface area (Å²) < 4.78 is 36.3. The first-order valence-corrected chi connectivity index (χ1v) is 4.16. The van der Waals surface area contributed by atoms with Crippen molar-refractivity contribution in [3.8, 4) is 0 Å². The fraction of sp³-hybridized carbons (Fsp3) is 0.333. The Morgan fingerprint density at radius 3 is 2.31 bits per heavy atom. The van der Waals surface area contributed by atoms with Crippen LogP contribution in [0.15, 0.2) is 18.2 Å². The van der Waals surface area contributed by atoms with Crippen molar-refractivity contribution < 1.29 is 12.9 Å². The lowest BCUT2D eigenvalue weighted by Crippen LogP contribution is -2.20. The zero-order valence-corrected chi connectivity index (χ0v) is 7.65. The molecular formula is C9H11BF3-. The second kappa shape index (κ2) is 3.44. The third-order valence-electron chi connectivity index (χ3n) is 2.17. The summed E-state index contributed by atoms with van der Waals surface area (Å²) >= 11 is 0. The Labute approximate surface area is 75.8 Å². The van der Waals surface area contributed by atoms with Gasteiger partial charge in [-0.15, -0.1) is 0 Å². The summed E-state index contributed by atoms with van der Waals surface area (Å²) in [6.45, 7) is -1.17. The lowest BCUT2D eigenvalue weighted by Gasteiger charge is -2.16. The molecule has 0 N–H and O–H groups in total. The normalized spacial score (nSPS) is 11.8. The first-order valence-electron chi connectivity index (χ1n) is 4.16. The second-order valence-electron chi connectivity index (χ2n) is 3.27. The quantitative estimate of drug-likeness (QED) is 0.623. The van der Waals surface area contributed by atoms with Crippen LogP contribution in [0.4, 0.5) is 12.9 Å². The lowest BCUT2D eigenvalue weighted by atomic mass is 9.80. The van der Waals surface area contributed by atoms with Gasteiger partial charge in [-0.3, -0.25) is 0 Å². The molecule has 0 atom stereocenters. The molecule has 1 aromatic rings. The van der Waals surface area contributed by atoms with Crippen molar-refractivity contribution in [1.29, 1.82) is 0 Å². The highest BCUT2D eigenvalue weighted by atomic mass is 19.4. The standard InChI is InChI=1S/C9H11BF3/c1-7-4-3-5-9(8(7)2)6-10(11,12)13/h3-5H,6H2,1-2H3/q-1. The third kappa shape index (κ3) is 2.79. The first kappa shape index (κ1) is 10.2. The molecular weight excluding hydrogens is 176 g/mol. The molecule has 0 aromatic heterocycles. The van der Waals surface area contributed by atoms with E-state index < -0.39 is 13.3 Å². The number of hydrogen-bond acceptors (Lipinski definition) is 0. The van der Waals surface area contributed by atoms with Crippen molar-refractivity contribution in [3.05, 3.63) is 34.9 Å². The molecule has 0 radical (unpaired) electrons. The van der Waals surface area contributed by atoms with Gasteiger partial charge >= 0.3 is 6.98 Å². The van der Waals surface area contributed by atoms with Crippen molar-refractivity contribution in [3.63, 3.8) is 0 Å². The fourth-order valence-electron chi connectivity index (χ4n) is 1.28. The molecule has 0 amide bonds. The van der Waals surface area contributed by atoms with E-state index >= 15 is 0 Å². The van der Waals surface area contributed by atoms with E-state index in [1.165, 1.54) is 6.07 Å². The van der Waals surface area contributed by atoms with E-state index in [0.29, 0.717) is 5.56 Å². The molecule has 0 aliphatic heterocycles. The minimum Gasteiger partial charge on any atom is -0.449 e. The van der Waals surface area contributed by atoms with Crippen molar-refractivity contribution in [2.24, 2.45) is 0 Å². The molecule has 0 nitrogen and oxygen atoms in total. The molecule has 0 unspecified atom stereocenters. The van der Waals surface area contributed by atoms with Gasteiger partial charge in [-0.1, -0.05) is 30.1 Å². The second-order valence-corrected chi connectivity index (χ2v) is 3.27. The van der Waals surface area contributed by atoms with Crippen LogP contribution >= 0.6 is 0 Å². The molecule has 13 heavy (non-hydrogen) atoms. The van der Waals surface area contributed by atoms with Crippen molar-refractivity contribution in [1.82, 2.24) is 0 Å². The highest BCUT2D eigenvalue weighted by molar-refractivity contribution is 6.57. The van der Waals surface area contributed by atoms with Gasteiger partial charge in [0.15, 0.2) is 0 Å². The van der Waals surface area contributed by atoms with E-state index in [0.717, 1.165) is 11.1 Å². The van der Waals surface area contributed by atoms with E-state index in [-0.39, 0.29) is 0 Å². The Balaban J connectivity index is 2.96. The van der Waals surface area contributed by atoms with Gasteiger partial charge in [-0.05, 0) is 25.0 Å². The smallest absolute Gasteiger partial charge is 0.449 e. The number of hydrogen-bond donors (Lipinski definition) is 0. The number of benzene rings is 1. The maximum Gasteiger partial charge on any atom is 0.482 e. The van der Waals surface area contributed by atoms with E-state index in [1.807, 2.05) is 13.0 Å². The Kier molecular flexibility index (Phi) is 2.69. The molecule has 0 spiro atoms. The van der Waals surface area contributed by atoms with Crippen LogP contribution in [-0.2, 0) is 6.32 Å². The molecule has 4 heteroatoms. The van der Waals surface area contributed by atoms with Gasteiger partial charge < -0.3 is 12.9 Å². The minimum atomic E-state index is -4.72. The molecule has 0 saturated heterocycles. The van der Waals surface area contributed by atoms with E-state index in [9.17, 15) is 12.9 Å². The average molecular weight is 187 g/mol. The molecule has 0 saturated carbocycles. The molecule has 1 aromatic carbocycles. The van der Waals surface area contributed by atoms with Crippen LogP contribution in [0.2, 0.25) is 0 Å². The van der Waals surface area contributed by atoms with Crippen LogP contribution in [0.3, 0.4) is 0 Å². The molecule has 0 bridgehead atoms. The van der Waals surface area contributed by atoms with Gasteiger partial charge in [-0.2, -0.15) is 0 Å². The van der Waals surface area contributed by atoms with Crippen molar-refractivity contribution >= 4 is 6.98 Å². The Morgan fingerprint density at radius 2 is 1.77 bits per heavy atom. The van der Waals surface area contributed by atoms with Gasteiger partial charge in [0.05, 0.1) is 0 Å². The van der Waals surface area contributed by atoms with E-state index in [1.54, 1.807) is 13.0 Å². The highest BCUT2D eigenvalue weighted by Crippen LogP contribution is 2.20. The Bertz CT molecular complexity index is 304. The third-order valence-corrected chi connectivity index (χ3v) is 2.17. The van der Waals surface area contributed by atoms with Crippen LogP contribution in [0.1, 0.15) is 16.7 Å². The van der Waals surface area contributed by atoms with Crippen molar-refractivity contribution in [2.75, 3.05) is 0 Å². The summed E-state index contributed by atoms with van der Waals surface area (Å²) in [5.74, 6) is 0. The van der Waals surface area contributed by atoms with Gasteiger partial charge in [0.2, 0.25) is 0 Å². The van der Waals surface area contributed by atoms with E-state index in [4.69, 9.17) is 0 Å². The van der Waals surface area contributed by atoms with Gasteiger partial charge in [0.25, 0.3) is 0 Å². The molecule has 0 aliphatic carbocycles. The number of halogens is 3. The lowest BCUT2D eigenvalue weighted by molar-refractivity contribution is 0.468. The summed E-state index contributed by atoms with van der Waals surface area (Å²) in [6.07, 6.45) is -0.770. The summed E-state index contributed by atoms with van der Waals surface area (Å²) in [4.78, 5) is 0. The summed E-state index contributed by atoms with van der Waals surface area (Å²) in [5, 5.41) is 0. The molecule has 1 rings (SSSR count). The molecule has 0 aliphatic rings. The number of rotatable bonds is 2. The van der Waals surface area contributed by atoms with Gasteiger partial charge in [0.1, 0.15) is 0 Å². The summed E-state index contributed by atoms with van der Waals surface area (Å²) in [7, 11) is 0. The summed E-state index contributed by atoms with van der Waals surface area (Å²) in [5.41, 5.74) is 2.06. The highest BCUT2D eigenvalue weighted by Gasteiger charge is 2.23. The molecule has 72 valence electrons. The molecule has 0 heterocycles. The van der Waals surface area contributed by atoms with Crippen LogP contribution in [-0.4, -0.2) is 6.98 Å². The average Bonchev–Trinajstić information content (AvgIpc) is 1.96. The van der Waals surface area contributed by atoms with Crippen LogP contribution in [0.5, 0.6) is 0 Å². The predicted octanol–water partition coefficient (Wildman–Crippen LogP) is 3.23. The topological polar surface area (TPSA) is 0 Å². The van der Waals surface area contributed by atoms with Gasteiger partial charge in [-0.25, -0.2) is 0 Å². The van der Waals surface area contributed by atoms with Crippen LogP contribution in [0.25, 0.3) is 0 Å². The molecule has 0 fully saturated rings. The van der Waals surface area contributed by atoms with Gasteiger partial charge in [0, 0.05) is 0 Å². The predicted molar refractivity (Wildman–Crippen MR) is 48.7 cm³/mol. The number of aryl methyl sites for hydroxylation is 1. The summed E-state index contributed by atoms with van der Waals surface area (Å²) in [6, 6.07) is 5.03. The first-order chi connectivity index (χ1) is 5.90. The van der Waals surface area contributed by atoms with Crippen LogP contribution < -0.4 is 0 Å². The Morgan fingerprint density at radius 1 is 1.15 bits per heavy atom. The maximum atomic E-state index is 12.1. The zero-order valence-electron chi connectivity index (χ0n) is 7.65. The van der Waals surface area contributed by atoms with Crippen LogP contribution in [0, 0.1) is 13.8 Å². The van der Waals surface area contributed by atoms with E-state index in [2.05, 4.69) is 0 Å². The fourth-order valence-corrected chi connectivity index (χ4v) is 1.28. The Hall–Kier alpha value is -0.925. The monoisotopic (exact) mass is 187 g/mol. The van der Waals surface area contributed by atoms with Crippen molar-refractivity contribution in [2.45, 2.75) is 20.2 Å². The SMILES string of the molecule is Cc1cccc(C[B-](F)(F)F)c1C. The largest absolute Gasteiger partial charge is 0.482 e. The minimum absolute atomic E-state index is 0.396.